The number of hydrogen-bond donors (Lipinski definition) is 0. The van der Waals surface area contributed by atoms with E-state index in [0.29, 0.717) is 35.8 Å². The van der Waals surface area contributed by atoms with Crippen LogP contribution in [0.15, 0.2) is 95.6 Å². The van der Waals surface area contributed by atoms with Crippen molar-refractivity contribution in [3.8, 4) is 0 Å². The Morgan fingerprint density at radius 3 is 2.23 bits per heavy atom. The van der Waals surface area contributed by atoms with E-state index in [2.05, 4.69) is 106 Å². The fourth-order valence-electron chi connectivity index (χ4n) is 14.2. The molecule has 0 radical (unpaired) electrons. The molecule has 48 heavy (non-hydrogen) atoms. The van der Waals surface area contributed by atoms with Crippen LogP contribution in [0.5, 0.6) is 0 Å². The van der Waals surface area contributed by atoms with E-state index in [-0.39, 0.29) is 40.8 Å². The van der Waals surface area contributed by atoms with E-state index in [1.54, 1.807) is 5.57 Å². The second-order valence-electron chi connectivity index (χ2n) is 16.6. The normalized spacial score (nSPS) is 45.5. The molecule has 2 aliphatic carbocycles. The Hall–Kier alpha value is -3.74. The standard InChI is InChI=1S/C42H42N4O2/c1-3-23-21-43-16-15-41-30-9-5-8-12-33(30)46-39(41)28(27(23)18-35(41)43)17-29(40(46)48)34-20-42-31-10-6-7-11-32(31)45-37(47)14-13-25(38(42)45)26-19-36(42)44(34)22-24(26)4-2/h3-14,17,25-28,34-36,38-39H,15-16,18-22H2,1-2H3/b23-3-,24-4?/t25-,26-,27-,28?,34+,35-,36-,38-,39-,41+,42+/m0/s1. The number of benzene rings is 2. The number of allylic oxidation sites excluding steroid dienone is 2. The zero-order chi connectivity index (χ0) is 31.8. The smallest absolute Gasteiger partial charge is 0.255 e. The summed E-state index contributed by atoms with van der Waals surface area (Å²) in [5.74, 6) is 1.87. The highest BCUT2D eigenvalue weighted by atomic mass is 16.2. The molecule has 2 aromatic rings. The number of carbonyl (C=O) groups is 2. The Balaban J connectivity index is 1.07. The maximum Gasteiger partial charge on any atom is 0.255 e. The summed E-state index contributed by atoms with van der Waals surface area (Å²) in [6.45, 7) is 7.52. The highest BCUT2D eigenvalue weighted by molar-refractivity contribution is 6.10. The van der Waals surface area contributed by atoms with Gasteiger partial charge in [-0.3, -0.25) is 19.4 Å². The minimum Gasteiger partial charge on any atom is -0.304 e. The first-order valence-electron chi connectivity index (χ1n) is 18.6. The average molecular weight is 635 g/mol. The molecule has 6 nitrogen and oxygen atoms in total. The number of amides is 2. The van der Waals surface area contributed by atoms with Crippen LogP contribution in [0.2, 0.25) is 0 Å². The van der Waals surface area contributed by atoms with E-state index in [1.165, 1.54) is 28.8 Å². The third kappa shape index (κ3) is 2.73. The lowest BCUT2D eigenvalue weighted by Gasteiger charge is -2.57. The number of carbonyl (C=O) groups excluding carboxylic acids is 2. The van der Waals surface area contributed by atoms with E-state index in [4.69, 9.17) is 0 Å². The minimum atomic E-state index is -0.187. The van der Waals surface area contributed by atoms with Gasteiger partial charge in [0.2, 0.25) is 0 Å². The summed E-state index contributed by atoms with van der Waals surface area (Å²) in [7, 11) is 0. The Kier molecular flexibility index (Phi) is 4.91. The SMILES string of the molecule is CC=C1CN2[C@@H](C3=CC4[C@@H]5N(C3=O)c3ccccc3[C@@]53CCN5C/C(=C/C)[C@@H]4C[C@H]53)C[C@]34c5ccccc5N5C(=O)C=C[C@H]([C@H]53)[C@H]1C[C@H]24. The van der Waals surface area contributed by atoms with Crippen LogP contribution < -0.4 is 9.80 Å². The molecular weight excluding hydrogens is 592 g/mol. The van der Waals surface area contributed by atoms with Crippen LogP contribution in [0, 0.1) is 23.7 Å². The van der Waals surface area contributed by atoms with Crippen LogP contribution in [0.25, 0.3) is 0 Å². The van der Waals surface area contributed by atoms with Crippen molar-refractivity contribution in [3.63, 3.8) is 0 Å². The molecule has 6 heteroatoms. The van der Waals surface area contributed by atoms with E-state index in [0.717, 1.165) is 50.2 Å². The Bertz CT molecular complexity index is 2010. The molecule has 2 amide bonds. The highest BCUT2D eigenvalue weighted by Gasteiger charge is 2.73. The van der Waals surface area contributed by atoms with Crippen molar-refractivity contribution in [2.24, 2.45) is 23.7 Å². The molecule has 2 aromatic carbocycles. The molecule has 0 aromatic heterocycles. The minimum absolute atomic E-state index is 0.0143. The maximum atomic E-state index is 15.5. The van der Waals surface area contributed by atoms with Gasteiger partial charge in [-0.15, -0.1) is 0 Å². The van der Waals surface area contributed by atoms with Crippen molar-refractivity contribution in [2.75, 3.05) is 29.4 Å². The quantitative estimate of drug-likeness (QED) is 0.389. The number of para-hydroxylation sites is 2. The summed E-state index contributed by atoms with van der Waals surface area (Å²) in [5.41, 5.74) is 8.92. The zero-order valence-corrected chi connectivity index (χ0v) is 27.8. The predicted molar refractivity (Wildman–Crippen MR) is 186 cm³/mol. The van der Waals surface area contributed by atoms with Gasteiger partial charge in [-0.05, 0) is 87.2 Å². The highest BCUT2D eigenvalue weighted by Crippen LogP contribution is 2.68. The van der Waals surface area contributed by atoms with Crippen molar-refractivity contribution >= 4 is 23.2 Å². The van der Waals surface area contributed by atoms with Crippen molar-refractivity contribution in [1.29, 1.82) is 0 Å². The molecule has 8 aliphatic heterocycles. The predicted octanol–water partition coefficient (Wildman–Crippen LogP) is 5.51. The van der Waals surface area contributed by atoms with Crippen LogP contribution >= 0.6 is 0 Å². The molecule has 6 fully saturated rings. The van der Waals surface area contributed by atoms with Crippen molar-refractivity contribution in [2.45, 2.75) is 80.6 Å². The molecule has 8 heterocycles. The number of nitrogens with zero attached hydrogens (tertiary/aromatic N) is 4. The van der Waals surface area contributed by atoms with E-state index in [9.17, 15) is 4.79 Å². The fraction of sp³-hybridized carbons (Fsp3) is 0.476. The topological polar surface area (TPSA) is 47.1 Å². The molecule has 4 saturated heterocycles. The van der Waals surface area contributed by atoms with Crippen LogP contribution in [-0.2, 0) is 20.4 Å². The number of fused-ring (bicyclic) bond motifs is 8. The number of rotatable bonds is 1. The summed E-state index contributed by atoms with van der Waals surface area (Å²) < 4.78 is 0. The van der Waals surface area contributed by atoms with Crippen molar-refractivity contribution < 1.29 is 9.59 Å². The van der Waals surface area contributed by atoms with Crippen LogP contribution in [-0.4, -0.2) is 71.5 Å². The van der Waals surface area contributed by atoms with Gasteiger partial charge in [0.15, 0.2) is 0 Å². The zero-order valence-electron chi connectivity index (χ0n) is 27.8. The van der Waals surface area contributed by atoms with Gasteiger partial charge in [0.1, 0.15) is 0 Å². The van der Waals surface area contributed by atoms with Crippen molar-refractivity contribution in [3.05, 3.63) is 107 Å². The van der Waals surface area contributed by atoms with Crippen LogP contribution in [0.3, 0.4) is 0 Å². The van der Waals surface area contributed by atoms with Crippen LogP contribution in [0.4, 0.5) is 11.4 Å². The molecule has 11 atom stereocenters. The second-order valence-corrected chi connectivity index (χ2v) is 16.6. The first-order chi connectivity index (χ1) is 23.5. The van der Waals surface area contributed by atoms with Gasteiger partial charge in [-0.1, -0.05) is 71.8 Å². The summed E-state index contributed by atoms with van der Waals surface area (Å²) in [6.07, 6.45) is 15.7. The van der Waals surface area contributed by atoms with Crippen molar-refractivity contribution in [1.82, 2.24) is 9.80 Å². The molecule has 10 aliphatic rings. The van der Waals surface area contributed by atoms with E-state index >= 15 is 4.79 Å². The molecule has 1 unspecified atom stereocenters. The summed E-state index contributed by atoms with van der Waals surface area (Å²) >= 11 is 0. The summed E-state index contributed by atoms with van der Waals surface area (Å²) in [6, 6.07) is 18.8. The largest absolute Gasteiger partial charge is 0.304 e. The van der Waals surface area contributed by atoms with E-state index in [1.807, 2.05) is 6.08 Å². The fourth-order valence-corrected chi connectivity index (χ4v) is 14.2. The van der Waals surface area contributed by atoms with Crippen LogP contribution in [0.1, 0.15) is 50.7 Å². The van der Waals surface area contributed by atoms with Gasteiger partial charge in [0.25, 0.3) is 11.8 Å². The second kappa shape index (κ2) is 8.70. The maximum absolute atomic E-state index is 15.5. The average Bonchev–Trinajstić information content (AvgIpc) is 3.85. The van der Waals surface area contributed by atoms with Gasteiger partial charge < -0.3 is 9.80 Å². The molecule has 2 spiro atoms. The molecule has 2 saturated carbocycles. The lowest BCUT2D eigenvalue weighted by Crippen LogP contribution is -2.66. The Morgan fingerprint density at radius 2 is 1.44 bits per heavy atom. The molecular formula is C42H42N4O2. The Labute approximate surface area is 282 Å². The number of anilines is 2. The lowest BCUT2D eigenvalue weighted by atomic mass is 9.54. The third-order valence-electron chi connectivity index (χ3n) is 15.7. The molecule has 12 rings (SSSR count). The first-order valence-corrected chi connectivity index (χ1v) is 18.6. The molecule has 242 valence electrons. The van der Waals surface area contributed by atoms with Gasteiger partial charge >= 0.3 is 0 Å². The molecule has 4 bridgehead atoms. The monoisotopic (exact) mass is 634 g/mol. The van der Waals surface area contributed by atoms with Gasteiger partial charge in [-0.2, -0.15) is 0 Å². The lowest BCUT2D eigenvalue weighted by molar-refractivity contribution is -0.118. The summed E-state index contributed by atoms with van der Waals surface area (Å²) in [4.78, 5) is 39.2. The first kappa shape index (κ1) is 27.1. The number of piperidine rings is 2. The molecule has 0 N–H and O–H groups in total. The van der Waals surface area contributed by atoms with E-state index < -0.39 is 0 Å². The Morgan fingerprint density at radius 1 is 0.771 bits per heavy atom. The number of hydrogen-bond acceptors (Lipinski definition) is 4. The van der Waals surface area contributed by atoms with Gasteiger partial charge in [-0.25, -0.2) is 0 Å². The third-order valence-corrected chi connectivity index (χ3v) is 15.7. The summed E-state index contributed by atoms with van der Waals surface area (Å²) in [5, 5.41) is 0. The van der Waals surface area contributed by atoms with Gasteiger partial charge in [0, 0.05) is 70.8 Å². The van der Waals surface area contributed by atoms with Gasteiger partial charge in [0.05, 0.1) is 12.1 Å².